The third-order valence-electron chi connectivity index (χ3n) is 10.4. The van der Waals surface area contributed by atoms with E-state index >= 15 is 0 Å². The van der Waals surface area contributed by atoms with Crippen molar-refractivity contribution < 1.29 is 49.0 Å². The van der Waals surface area contributed by atoms with Crippen molar-refractivity contribution in [2.75, 3.05) is 0 Å². The first kappa shape index (κ1) is 42.1. The van der Waals surface area contributed by atoms with E-state index in [2.05, 4.69) is 139 Å². The van der Waals surface area contributed by atoms with Gasteiger partial charge in [0.25, 0.3) is 0 Å². The molecule has 3 aliphatic carbocycles. The van der Waals surface area contributed by atoms with Crippen molar-refractivity contribution in [2.45, 2.75) is 112 Å². The van der Waals surface area contributed by atoms with Crippen LogP contribution in [0.5, 0.6) is 0 Å². The molecule has 0 nitrogen and oxygen atoms in total. The number of aryl methyl sites for hydroxylation is 2. The van der Waals surface area contributed by atoms with E-state index in [1.54, 1.807) is 33.4 Å². The van der Waals surface area contributed by atoms with E-state index in [0.717, 1.165) is 19.3 Å². The van der Waals surface area contributed by atoms with Crippen LogP contribution in [0.4, 0.5) is 0 Å². The second kappa shape index (κ2) is 20.1. The normalized spacial score (nSPS) is 17.2. The quantitative estimate of drug-likeness (QED) is 0.212. The molecule has 0 amide bonds. The fraction of sp³-hybridized carbons (Fsp3) is 0.383. The number of benzene rings is 3. The van der Waals surface area contributed by atoms with Gasteiger partial charge in [-0.05, 0) is 50.4 Å². The Hall–Kier alpha value is -2.31. The molecule has 262 valence electrons. The van der Waals surface area contributed by atoms with Gasteiger partial charge in [0.05, 0.1) is 0 Å². The number of fused-ring (bicyclic) bond motifs is 2. The Morgan fingerprint density at radius 1 is 0.760 bits per heavy atom. The zero-order valence-corrected chi connectivity index (χ0v) is 35.2. The van der Waals surface area contributed by atoms with Crippen LogP contribution in [0, 0.1) is 5.41 Å². The topological polar surface area (TPSA) is 0 Å². The van der Waals surface area contributed by atoms with Crippen molar-refractivity contribution in [3.05, 3.63) is 152 Å². The molecule has 6 rings (SSSR count). The molecule has 0 fully saturated rings. The Morgan fingerprint density at radius 3 is 1.88 bits per heavy atom. The molecule has 3 aliphatic rings. The number of allylic oxidation sites excluding steroid dienone is 8. The van der Waals surface area contributed by atoms with Crippen molar-refractivity contribution >= 4 is 14.9 Å². The van der Waals surface area contributed by atoms with Crippen molar-refractivity contribution in [3.8, 4) is 0 Å². The van der Waals surface area contributed by atoms with E-state index in [1.165, 1.54) is 112 Å². The predicted octanol–water partition coefficient (Wildman–Crippen LogP) is 5.12. The summed E-state index contributed by atoms with van der Waals surface area (Å²) in [7, 11) is 0. The predicted molar refractivity (Wildman–Crippen MR) is 205 cm³/mol. The molecule has 50 heavy (non-hydrogen) atoms. The summed E-state index contributed by atoms with van der Waals surface area (Å²) in [5, 5.41) is 2.89. The maximum atomic E-state index is 4.08. The van der Waals surface area contributed by atoms with Crippen LogP contribution in [0.3, 0.4) is 0 Å². The van der Waals surface area contributed by atoms with Crippen LogP contribution < -0.4 is 35.3 Å². The van der Waals surface area contributed by atoms with Crippen molar-refractivity contribution in [2.24, 2.45) is 5.41 Å². The summed E-state index contributed by atoms with van der Waals surface area (Å²) < 4.78 is 1.42. The molecule has 3 aromatic rings. The molecule has 0 heterocycles. The van der Waals surface area contributed by atoms with Gasteiger partial charge in [-0.15, -0.1) is 33.7 Å². The van der Waals surface area contributed by atoms with E-state index in [4.69, 9.17) is 0 Å². The van der Waals surface area contributed by atoms with Crippen LogP contribution in [0.2, 0.25) is 0 Å². The average molecular weight is 782 g/mol. The SMILES string of the molecule is CCCC1=C(CCC)C(CC)(CCC)C(C2=CC=CC2)=C2[C-]=c3cc(CC)cc(CCC)c3=C21.[Cl-].[Cl-].[Zr+2]=[C](c1ccccc1)c1ccccc1. The summed E-state index contributed by atoms with van der Waals surface area (Å²) in [6, 6.07) is 26.1. The van der Waals surface area contributed by atoms with Gasteiger partial charge in [-0.2, -0.15) is 0 Å². The first-order valence-electron chi connectivity index (χ1n) is 18.8. The summed E-state index contributed by atoms with van der Waals surface area (Å²) in [4.78, 5) is 0. The number of halogens is 2. The van der Waals surface area contributed by atoms with Gasteiger partial charge in [0, 0.05) is 0 Å². The molecule has 1 atom stereocenters. The molecule has 0 spiro atoms. The number of hydrogen-bond acceptors (Lipinski definition) is 0. The molecule has 0 radical (unpaired) electrons. The van der Waals surface area contributed by atoms with E-state index < -0.39 is 0 Å². The van der Waals surface area contributed by atoms with E-state index in [1.807, 2.05) is 0 Å². The minimum atomic E-state index is 0. The van der Waals surface area contributed by atoms with Crippen LogP contribution in [-0.2, 0) is 37.1 Å². The van der Waals surface area contributed by atoms with Gasteiger partial charge in [0.2, 0.25) is 0 Å². The van der Waals surface area contributed by atoms with Crippen LogP contribution >= 0.6 is 0 Å². The van der Waals surface area contributed by atoms with Crippen LogP contribution in [0.1, 0.15) is 122 Å². The van der Waals surface area contributed by atoms with Gasteiger partial charge < -0.3 is 24.8 Å². The number of rotatable bonds is 13. The summed E-state index contributed by atoms with van der Waals surface area (Å²) >= 11 is 1.46. The molecule has 0 N–H and O–H groups in total. The Labute approximate surface area is 330 Å². The Bertz CT molecular complexity index is 1820. The minimum absolute atomic E-state index is 0. The summed E-state index contributed by atoms with van der Waals surface area (Å²) in [6.45, 7) is 14.2. The van der Waals surface area contributed by atoms with Gasteiger partial charge in [-0.25, -0.2) is 0 Å². The summed E-state index contributed by atoms with van der Waals surface area (Å²) in [5.41, 5.74) is 15.4. The number of hydrogen-bond donors (Lipinski definition) is 0. The van der Waals surface area contributed by atoms with Crippen LogP contribution in [-0.4, -0.2) is 3.21 Å². The van der Waals surface area contributed by atoms with Crippen molar-refractivity contribution in [1.82, 2.24) is 0 Å². The van der Waals surface area contributed by atoms with Gasteiger partial charge in [-0.1, -0.05) is 125 Å². The fourth-order valence-electron chi connectivity index (χ4n) is 8.39. The Kier molecular flexibility index (Phi) is 16.9. The Balaban J connectivity index is 0.000000355. The zero-order valence-electron chi connectivity index (χ0n) is 31.2. The maximum absolute atomic E-state index is 4.08. The molecule has 3 aromatic carbocycles. The summed E-state index contributed by atoms with van der Waals surface area (Å²) in [6.07, 6.45) is 24.1. The molecule has 0 aromatic heterocycles. The third kappa shape index (κ3) is 8.65. The van der Waals surface area contributed by atoms with Gasteiger partial charge in [0.15, 0.2) is 0 Å². The molecular weight excluding hydrogens is 727 g/mol. The molecule has 0 bridgehead atoms. The second-order valence-corrected chi connectivity index (χ2v) is 14.8. The zero-order chi connectivity index (χ0) is 34.1. The van der Waals surface area contributed by atoms with Crippen LogP contribution in [0.15, 0.2) is 119 Å². The molecule has 0 saturated carbocycles. The van der Waals surface area contributed by atoms with Crippen LogP contribution in [0.25, 0.3) is 11.6 Å². The average Bonchev–Trinajstić information content (AvgIpc) is 3.79. The van der Waals surface area contributed by atoms with Gasteiger partial charge in [0.1, 0.15) is 0 Å². The monoisotopic (exact) mass is 779 g/mol. The molecule has 1 unspecified atom stereocenters. The van der Waals surface area contributed by atoms with Gasteiger partial charge >= 0.3 is 99.2 Å². The molecule has 0 aliphatic heterocycles. The first-order valence-corrected chi connectivity index (χ1v) is 20.0. The van der Waals surface area contributed by atoms with E-state index in [0.29, 0.717) is 0 Å². The van der Waals surface area contributed by atoms with E-state index in [-0.39, 0.29) is 30.2 Å². The first-order chi connectivity index (χ1) is 23.5. The Morgan fingerprint density at radius 2 is 1.38 bits per heavy atom. The summed E-state index contributed by atoms with van der Waals surface area (Å²) in [5.74, 6) is 0. The standard InChI is InChI=1S/C34H45.C13H10.2ClH.Zr/c1-7-15-26-21-24(11-5)22-27-23-29-32(31(26)27)28(16-8-2)30(17-9-3)34(12-6,20-10-4)33(29)25-18-13-14-19-25;1-3-7-12(8-4-1)11-13-9-5-2-6-10-13;;;/h13-14,18,21-22H,7-12,15-17,19-20H2,1-6H3;1-10H;2*1H;/q-1;;;;+2/p-2. The second-order valence-electron chi connectivity index (χ2n) is 13.6. The fourth-order valence-corrected chi connectivity index (χ4v) is 9.21. The van der Waals surface area contributed by atoms with Crippen molar-refractivity contribution in [1.29, 1.82) is 0 Å². The van der Waals surface area contributed by atoms with Gasteiger partial charge in [-0.3, -0.25) is 0 Å². The van der Waals surface area contributed by atoms with E-state index in [9.17, 15) is 0 Å². The third-order valence-corrected chi connectivity index (χ3v) is 11.9. The van der Waals surface area contributed by atoms with Crippen molar-refractivity contribution in [3.63, 3.8) is 0 Å². The molecule has 3 heteroatoms. The molecule has 0 saturated heterocycles. The molecular formula is C47H55Cl2Zr-.